The van der Waals surface area contributed by atoms with Crippen molar-refractivity contribution >= 4 is 6.29 Å². The Morgan fingerprint density at radius 1 is 0.636 bits per heavy atom. The number of aldehydes is 1. The molecule has 202 valence electrons. The summed E-state index contributed by atoms with van der Waals surface area (Å²) in [6.45, 7) is 1.69. The first-order chi connectivity index (χ1) is 21.3. The minimum atomic E-state index is -4.68. The van der Waals surface area contributed by atoms with Gasteiger partial charge < -0.3 is 9.84 Å². The van der Waals surface area contributed by atoms with Gasteiger partial charge >= 0.3 is 6.18 Å². The van der Waals surface area contributed by atoms with Gasteiger partial charge in [-0.2, -0.15) is 13.2 Å². The molecular weight excluding hydrogens is 561 g/mol. The molecule has 1 aromatic rings. The summed E-state index contributed by atoms with van der Waals surface area (Å²) in [5.74, 6) is 66.1. The Morgan fingerprint density at radius 2 is 0.955 bits per heavy atom. The van der Waals surface area contributed by atoms with Gasteiger partial charge in [-0.05, 0) is 114 Å². The van der Waals surface area contributed by atoms with Crippen LogP contribution in [0.5, 0.6) is 11.5 Å². The Kier molecular flexibility index (Phi) is 19.9. The smallest absolute Gasteiger partial charge is 0.417 e. The molecular formula is C38H11F3O3. The van der Waals surface area contributed by atoms with Crippen molar-refractivity contribution in [2.24, 2.45) is 0 Å². The number of methoxy groups -OCH3 is 1. The van der Waals surface area contributed by atoms with Crippen LogP contribution >= 0.6 is 0 Å². The van der Waals surface area contributed by atoms with Crippen LogP contribution in [0.1, 0.15) is 22.8 Å². The Labute approximate surface area is 255 Å². The standard InChI is InChI=1S/C29H4.C9H7F3O3/c1-3-5-7-9-11-13-15-17-19-21-23-25-27-29-28-26-24-22-20-18-16-14-12-10-8-6-4-2;1-15-8-2-5(4-13)6(3-7(8)14)9(10,11)12/h1H,2H3;2-4,14H,1H3. The summed E-state index contributed by atoms with van der Waals surface area (Å²) in [5, 5.41) is 9.13. The van der Waals surface area contributed by atoms with E-state index in [-0.39, 0.29) is 12.0 Å². The van der Waals surface area contributed by atoms with Gasteiger partial charge in [-0.1, -0.05) is 5.92 Å². The van der Waals surface area contributed by atoms with Crippen LogP contribution in [0.15, 0.2) is 12.1 Å². The van der Waals surface area contributed by atoms with Gasteiger partial charge in [0.1, 0.15) is 0 Å². The molecule has 0 aliphatic rings. The van der Waals surface area contributed by atoms with Gasteiger partial charge in [-0.25, -0.2) is 0 Å². The van der Waals surface area contributed by atoms with Gasteiger partial charge in [0.05, 0.1) is 12.7 Å². The molecule has 0 saturated heterocycles. The van der Waals surface area contributed by atoms with Crippen molar-refractivity contribution in [3.63, 3.8) is 0 Å². The van der Waals surface area contributed by atoms with E-state index in [1.54, 1.807) is 6.92 Å². The van der Waals surface area contributed by atoms with Crippen molar-refractivity contribution in [2.45, 2.75) is 13.1 Å². The van der Waals surface area contributed by atoms with E-state index in [1.165, 1.54) is 7.11 Å². The molecule has 0 radical (unpaired) electrons. The fourth-order valence-corrected chi connectivity index (χ4v) is 1.91. The lowest BCUT2D eigenvalue weighted by Gasteiger charge is -2.11. The number of aromatic hydroxyl groups is 1. The first-order valence-corrected chi connectivity index (χ1v) is 11.1. The first kappa shape index (κ1) is 36.1. The third-order valence-electron chi connectivity index (χ3n) is 3.48. The van der Waals surface area contributed by atoms with Crippen LogP contribution in [0, 0.1) is 166 Å². The molecule has 0 unspecified atom stereocenters. The van der Waals surface area contributed by atoms with Crippen molar-refractivity contribution in [2.75, 3.05) is 7.11 Å². The van der Waals surface area contributed by atoms with Crippen LogP contribution in [0.2, 0.25) is 0 Å². The lowest BCUT2D eigenvalue weighted by Crippen LogP contribution is -2.09. The van der Waals surface area contributed by atoms with E-state index in [0.29, 0.717) is 6.07 Å². The quantitative estimate of drug-likeness (QED) is 0.438. The highest BCUT2D eigenvalue weighted by Gasteiger charge is 2.34. The Hall–Kier alpha value is -7.88. The van der Waals surface area contributed by atoms with Crippen LogP contribution in [-0.4, -0.2) is 18.5 Å². The molecule has 0 aliphatic carbocycles. The molecule has 6 heteroatoms. The molecule has 0 atom stereocenters. The average Bonchev–Trinajstić information content (AvgIpc) is 3.00. The number of ether oxygens (including phenoxy) is 1. The summed E-state index contributed by atoms with van der Waals surface area (Å²) in [5.41, 5.74) is -1.76. The van der Waals surface area contributed by atoms with Gasteiger partial charge in [0.25, 0.3) is 0 Å². The monoisotopic (exact) mass is 572 g/mol. The van der Waals surface area contributed by atoms with Crippen molar-refractivity contribution in [1.29, 1.82) is 0 Å². The van der Waals surface area contributed by atoms with Crippen molar-refractivity contribution in [3.05, 3.63) is 23.3 Å². The number of carbonyl (C=O) groups excluding carboxylic acids is 1. The third kappa shape index (κ3) is 19.2. The lowest BCUT2D eigenvalue weighted by atomic mass is 10.1. The first-order valence-electron chi connectivity index (χ1n) is 11.1. The Balaban J connectivity index is 0.00000103. The highest BCUT2D eigenvalue weighted by molar-refractivity contribution is 5.79. The molecule has 1 rings (SSSR count). The average molecular weight is 572 g/mol. The van der Waals surface area contributed by atoms with E-state index < -0.39 is 23.1 Å². The van der Waals surface area contributed by atoms with Crippen LogP contribution in [0.3, 0.4) is 0 Å². The summed E-state index contributed by atoms with van der Waals surface area (Å²) >= 11 is 0. The fraction of sp³-hybridized carbons (Fsp3) is 0.0789. The van der Waals surface area contributed by atoms with Crippen LogP contribution in [0.25, 0.3) is 0 Å². The van der Waals surface area contributed by atoms with Gasteiger partial charge in [-0.15, -0.1) is 6.42 Å². The summed E-state index contributed by atoms with van der Waals surface area (Å²) in [4.78, 5) is 10.4. The summed E-state index contributed by atoms with van der Waals surface area (Å²) in [7, 11) is 1.18. The van der Waals surface area contributed by atoms with Gasteiger partial charge in [0.2, 0.25) is 0 Å². The summed E-state index contributed by atoms with van der Waals surface area (Å²) < 4.78 is 41.6. The molecule has 0 bridgehead atoms. The number of hydrogen-bond donors (Lipinski definition) is 1. The van der Waals surface area contributed by atoms with Gasteiger partial charge in [0, 0.05) is 64.8 Å². The van der Waals surface area contributed by atoms with E-state index in [9.17, 15) is 18.0 Å². The minimum Gasteiger partial charge on any atom is -0.504 e. The Bertz CT molecular complexity index is 2160. The van der Waals surface area contributed by atoms with Crippen LogP contribution in [0.4, 0.5) is 13.2 Å². The number of carbonyl (C=O) groups is 1. The molecule has 0 amide bonds. The maximum Gasteiger partial charge on any atom is 0.417 e. The number of terminal acetylenes is 1. The molecule has 1 aromatic carbocycles. The molecule has 0 aliphatic heterocycles. The predicted molar refractivity (Wildman–Crippen MR) is 161 cm³/mol. The zero-order valence-corrected chi connectivity index (χ0v) is 22.7. The number of halogens is 3. The van der Waals surface area contributed by atoms with Crippen LogP contribution in [-0.2, 0) is 6.18 Å². The zero-order valence-electron chi connectivity index (χ0n) is 22.7. The minimum absolute atomic E-state index is 0.0603. The summed E-state index contributed by atoms with van der Waals surface area (Å²) in [6, 6.07) is 1.30. The second kappa shape index (κ2) is 24.2. The maximum atomic E-state index is 12.3. The number of alkyl halides is 3. The molecule has 0 spiro atoms. The van der Waals surface area contributed by atoms with Gasteiger partial charge in [-0.3, -0.25) is 4.79 Å². The van der Waals surface area contributed by atoms with E-state index in [1.807, 2.05) is 0 Å². The largest absolute Gasteiger partial charge is 0.504 e. The maximum absolute atomic E-state index is 12.3. The fourth-order valence-electron chi connectivity index (χ4n) is 1.91. The second-order valence-electron chi connectivity index (χ2n) is 6.25. The predicted octanol–water partition coefficient (Wildman–Crippen LogP) is 2.92. The number of rotatable bonds is 2. The van der Waals surface area contributed by atoms with Crippen molar-refractivity contribution in [3.8, 4) is 178 Å². The van der Waals surface area contributed by atoms with Crippen molar-refractivity contribution < 1.29 is 27.8 Å². The van der Waals surface area contributed by atoms with Crippen LogP contribution < -0.4 is 4.74 Å². The normalized spacial score (nSPS) is 6.36. The number of phenolic OH excluding ortho intramolecular Hbond substituents is 1. The number of hydrogen-bond acceptors (Lipinski definition) is 3. The SMILES string of the molecule is C#CC#CC#CC#CC#CC#CC#CC#CC#CC#CC#CC#CC#CC#CC.COc1cc(C=O)c(C(F)(F)F)cc1O. The van der Waals surface area contributed by atoms with Crippen molar-refractivity contribution in [1.82, 2.24) is 0 Å². The zero-order chi connectivity index (χ0) is 32.7. The van der Waals surface area contributed by atoms with E-state index in [0.717, 1.165) is 6.07 Å². The third-order valence-corrected chi connectivity index (χ3v) is 3.48. The topological polar surface area (TPSA) is 46.5 Å². The lowest BCUT2D eigenvalue weighted by molar-refractivity contribution is -0.138. The molecule has 0 heterocycles. The molecule has 0 saturated carbocycles. The van der Waals surface area contributed by atoms with Gasteiger partial charge in [0.15, 0.2) is 17.8 Å². The molecule has 1 N–H and O–H groups in total. The summed E-state index contributed by atoms with van der Waals surface area (Å²) in [6.07, 6.45) is 0.297. The highest BCUT2D eigenvalue weighted by Crippen LogP contribution is 2.37. The number of benzene rings is 1. The highest BCUT2D eigenvalue weighted by atomic mass is 19.4. The van der Waals surface area contributed by atoms with E-state index in [4.69, 9.17) is 11.5 Å². The molecule has 3 nitrogen and oxygen atoms in total. The molecule has 44 heavy (non-hydrogen) atoms. The Morgan fingerprint density at radius 3 is 1.20 bits per heavy atom. The number of phenols is 1. The molecule has 0 aromatic heterocycles. The second-order valence-corrected chi connectivity index (χ2v) is 6.25. The van der Waals surface area contributed by atoms with E-state index in [2.05, 4.69) is 165 Å². The van der Waals surface area contributed by atoms with E-state index >= 15 is 0 Å². The molecule has 0 fully saturated rings.